The zero-order chi connectivity index (χ0) is 15.5. The molecule has 0 saturated heterocycles. The van der Waals surface area contributed by atoms with E-state index in [9.17, 15) is 0 Å². The van der Waals surface area contributed by atoms with Gasteiger partial charge in [0.1, 0.15) is 5.82 Å². The van der Waals surface area contributed by atoms with Gasteiger partial charge in [0.05, 0.1) is 17.9 Å². The molecular weight excluding hydrogens is 288 g/mol. The Hall–Kier alpha value is -3.28. The van der Waals surface area contributed by atoms with Crippen molar-refractivity contribution in [1.29, 1.82) is 0 Å². The van der Waals surface area contributed by atoms with E-state index >= 15 is 0 Å². The van der Waals surface area contributed by atoms with Gasteiger partial charge in [0.25, 0.3) is 5.95 Å². The summed E-state index contributed by atoms with van der Waals surface area (Å²) < 4.78 is 1.56. The lowest BCUT2D eigenvalue weighted by atomic mass is 10.2. The summed E-state index contributed by atoms with van der Waals surface area (Å²) in [5.74, 6) is 1.28. The Balaban J connectivity index is 1.74. The molecule has 112 valence electrons. The minimum atomic E-state index is 0.497. The Morgan fingerprint density at radius 2 is 1.74 bits per heavy atom. The van der Waals surface area contributed by atoms with Gasteiger partial charge in [-0.3, -0.25) is 0 Å². The van der Waals surface area contributed by atoms with E-state index < -0.39 is 0 Å². The Kier molecular flexibility index (Phi) is 3.40. The quantitative estimate of drug-likeness (QED) is 0.628. The maximum absolute atomic E-state index is 4.60. The third-order valence-electron chi connectivity index (χ3n) is 3.52. The molecule has 2 heterocycles. The predicted molar refractivity (Wildman–Crippen MR) is 88.2 cm³/mol. The first-order valence-electron chi connectivity index (χ1n) is 7.31. The number of nitrogens with one attached hydrogen (secondary N) is 1. The van der Waals surface area contributed by atoms with Crippen molar-refractivity contribution in [3.05, 3.63) is 72.6 Å². The molecule has 0 radical (unpaired) electrons. The van der Waals surface area contributed by atoms with Crippen LogP contribution >= 0.6 is 0 Å². The average Bonchev–Trinajstić information content (AvgIpc) is 3.15. The highest BCUT2D eigenvalue weighted by molar-refractivity contribution is 5.89. The summed E-state index contributed by atoms with van der Waals surface area (Å²) in [7, 11) is 0. The molecule has 4 rings (SSSR count). The molecule has 0 spiro atoms. The summed E-state index contributed by atoms with van der Waals surface area (Å²) in [5.41, 5.74) is 2.06. The molecule has 0 bridgehead atoms. The number of anilines is 1. The molecule has 6 heteroatoms. The summed E-state index contributed by atoms with van der Waals surface area (Å²) in [6.45, 7) is 0.693. The summed E-state index contributed by atoms with van der Waals surface area (Å²) in [6, 6.07) is 18.1. The van der Waals surface area contributed by atoms with Crippen molar-refractivity contribution < 1.29 is 0 Å². The van der Waals surface area contributed by atoms with Crippen molar-refractivity contribution >= 4 is 16.7 Å². The van der Waals surface area contributed by atoms with E-state index in [2.05, 4.69) is 37.7 Å². The van der Waals surface area contributed by atoms with E-state index in [1.807, 2.05) is 42.5 Å². The summed E-state index contributed by atoms with van der Waals surface area (Å²) >= 11 is 0. The molecule has 1 N–H and O–H groups in total. The third kappa shape index (κ3) is 2.74. The van der Waals surface area contributed by atoms with E-state index in [1.165, 1.54) is 5.56 Å². The van der Waals surface area contributed by atoms with Gasteiger partial charge in [0.15, 0.2) is 0 Å². The maximum Gasteiger partial charge on any atom is 0.254 e. The number of hydrogen-bond donors (Lipinski definition) is 1. The highest BCUT2D eigenvalue weighted by Gasteiger charge is 2.09. The standard InChI is InChI=1S/C17H14N6/c1-2-6-13(7-3-1)12-18-16-14-8-4-5-9-15(14)20-17(21-16)23-11-10-19-22-23/h1-11H,12H2,(H,18,20,21). The van der Waals surface area contributed by atoms with E-state index in [0.29, 0.717) is 12.5 Å². The smallest absolute Gasteiger partial charge is 0.254 e. The third-order valence-corrected chi connectivity index (χ3v) is 3.52. The van der Waals surface area contributed by atoms with Crippen molar-refractivity contribution in [3.63, 3.8) is 0 Å². The van der Waals surface area contributed by atoms with Gasteiger partial charge in [-0.25, -0.2) is 4.98 Å². The van der Waals surface area contributed by atoms with Gasteiger partial charge in [-0.05, 0) is 17.7 Å². The maximum atomic E-state index is 4.60. The highest BCUT2D eigenvalue weighted by Crippen LogP contribution is 2.21. The SMILES string of the molecule is c1ccc(CNc2nc(-n3ccnn3)nc3ccccc23)cc1. The first kappa shape index (κ1) is 13.4. The fraction of sp³-hybridized carbons (Fsp3) is 0.0588. The monoisotopic (exact) mass is 302 g/mol. The lowest BCUT2D eigenvalue weighted by Gasteiger charge is -2.10. The number of rotatable bonds is 4. The number of aromatic nitrogens is 5. The number of para-hydroxylation sites is 1. The molecule has 23 heavy (non-hydrogen) atoms. The van der Waals surface area contributed by atoms with Gasteiger partial charge < -0.3 is 5.32 Å². The molecule has 0 saturated carbocycles. The number of nitrogens with zero attached hydrogens (tertiary/aromatic N) is 5. The molecule has 6 nitrogen and oxygen atoms in total. The molecule has 0 fully saturated rings. The Morgan fingerprint density at radius 3 is 2.57 bits per heavy atom. The fourth-order valence-corrected chi connectivity index (χ4v) is 2.40. The lowest BCUT2D eigenvalue weighted by molar-refractivity contribution is 0.760. The fourth-order valence-electron chi connectivity index (χ4n) is 2.40. The predicted octanol–water partition coefficient (Wildman–Crippen LogP) is 2.82. The van der Waals surface area contributed by atoms with E-state index in [4.69, 9.17) is 0 Å². The lowest BCUT2D eigenvalue weighted by Crippen LogP contribution is -2.08. The van der Waals surface area contributed by atoms with Crippen molar-refractivity contribution in [2.75, 3.05) is 5.32 Å². The minimum Gasteiger partial charge on any atom is -0.365 e. The normalized spacial score (nSPS) is 10.8. The second kappa shape index (κ2) is 5.84. The van der Waals surface area contributed by atoms with Crippen LogP contribution in [0.2, 0.25) is 0 Å². The number of fused-ring (bicyclic) bond motifs is 1. The van der Waals surface area contributed by atoms with Crippen molar-refractivity contribution in [2.45, 2.75) is 6.54 Å². The van der Waals surface area contributed by atoms with Crippen LogP contribution < -0.4 is 5.32 Å². The molecule has 0 aliphatic rings. The zero-order valence-corrected chi connectivity index (χ0v) is 12.3. The molecule has 0 atom stereocenters. The van der Waals surface area contributed by atoms with Gasteiger partial charge in [0.2, 0.25) is 0 Å². The molecule has 0 unspecified atom stereocenters. The van der Waals surface area contributed by atoms with Gasteiger partial charge in [-0.15, -0.1) is 5.10 Å². The molecular formula is C17H14N6. The highest BCUT2D eigenvalue weighted by atomic mass is 15.5. The van der Waals surface area contributed by atoms with Crippen LogP contribution in [0.5, 0.6) is 0 Å². The Morgan fingerprint density at radius 1 is 0.913 bits per heavy atom. The second-order valence-corrected chi connectivity index (χ2v) is 5.08. The topological polar surface area (TPSA) is 68.5 Å². The van der Waals surface area contributed by atoms with Crippen molar-refractivity contribution in [3.8, 4) is 5.95 Å². The van der Waals surface area contributed by atoms with Crippen LogP contribution in [0.1, 0.15) is 5.56 Å². The molecule has 0 aliphatic carbocycles. The molecule has 2 aromatic carbocycles. The van der Waals surface area contributed by atoms with Crippen LogP contribution in [0.3, 0.4) is 0 Å². The Bertz CT molecular complexity index is 918. The zero-order valence-electron chi connectivity index (χ0n) is 12.3. The summed E-state index contributed by atoms with van der Waals surface area (Å²) in [6.07, 6.45) is 3.33. The van der Waals surface area contributed by atoms with E-state index in [0.717, 1.165) is 16.7 Å². The Labute approximate surface area is 132 Å². The van der Waals surface area contributed by atoms with E-state index in [-0.39, 0.29) is 0 Å². The van der Waals surface area contributed by atoms with Crippen LogP contribution in [0.4, 0.5) is 5.82 Å². The molecule has 2 aromatic heterocycles. The number of hydrogen-bond acceptors (Lipinski definition) is 5. The second-order valence-electron chi connectivity index (χ2n) is 5.08. The van der Waals surface area contributed by atoms with Gasteiger partial charge in [-0.2, -0.15) is 9.67 Å². The first-order valence-corrected chi connectivity index (χ1v) is 7.31. The van der Waals surface area contributed by atoms with Crippen LogP contribution in [0, 0.1) is 0 Å². The van der Waals surface area contributed by atoms with E-state index in [1.54, 1.807) is 17.1 Å². The van der Waals surface area contributed by atoms with Crippen molar-refractivity contribution in [1.82, 2.24) is 25.0 Å². The minimum absolute atomic E-state index is 0.497. The number of benzene rings is 2. The van der Waals surface area contributed by atoms with Gasteiger partial charge in [0, 0.05) is 11.9 Å². The van der Waals surface area contributed by atoms with Crippen LogP contribution in [-0.2, 0) is 6.54 Å². The molecule has 0 amide bonds. The largest absolute Gasteiger partial charge is 0.365 e. The van der Waals surface area contributed by atoms with Crippen LogP contribution in [0.25, 0.3) is 16.9 Å². The van der Waals surface area contributed by atoms with Crippen LogP contribution in [0.15, 0.2) is 67.0 Å². The van der Waals surface area contributed by atoms with Crippen molar-refractivity contribution in [2.24, 2.45) is 0 Å². The first-order chi connectivity index (χ1) is 11.4. The van der Waals surface area contributed by atoms with Gasteiger partial charge >= 0.3 is 0 Å². The average molecular weight is 302 g/mol. The summed E-state index contributed by atoms with van der Waals surface area (Å²) in [4.78, 5) is 9.14. The van der Waals surface area contributed by atoms with Gasteiger partial charge in [-0.1, -0.05) is 47.7 Å². The van der Waals surface area contributed by atoms with Crippen LogP contribution in [-0.4, -0.2) is 25.0 Å². The molecule has 0 aliphatic heterocycles. The summed E-state index contributed by atoms with van der Waals surface area (Å²) in [5, 5.41) is 12.2. The molecule has 4 aromatic rings.